The summed E-state index contributed by atoms with van der Waals surface area (Å²) in [5.74, 6) is 0.809. The molecule has 82 valence electrons. The Bertz CT molecular complexity index is 320. The van der Waals surface area contributed by atoms with Crippen LogP contribution in [0.2, 0.25) is 5.02 Å². The smallest absolute Gasteiger partial charge is 0.0409 e. The van der Waals surface area contributed by atoms with Gasteiger partial charge in [-0.15, -0.1) is 0 Å². The molecule has 0 bridgehead atoms. The van der Waals surface area contributed by atoms with Gasteiger partial charge in [-0.3, -0.25) is 0 Å². The minimum atomic E-state index is 0.502. The highest BCUT2D eigenvalue weighted by atomic mass is 35.5. The molecule has 2 rings (SSSR count). The number of hydrogen-bond donors (Lipinski definition) is 1. The predicted molar refractivity (Wildman–Crippen MR) is 65.2 cm³/mol. The summed E-state index contributed by atoms with van der Waals surface area (Å²) in [6, 6.07) is 8.75. The number of nitrogens with one attached hydrogen (secondary N) is 1. The van der Waals surface area contributed by atoms with Gasteiger partial charge < -0.3 is 5.32 Å². The molecule has 2 heteroatoms. The lowest BCUT2D eigenvalue weighted by Gasteiger charge is -2.34. The maximum Gasteiger partial charge on any atom is 0.0409 e. The van der Waals surface area contributed by atoms with E-state index in [-0.39, 0.29) is 0 Å². The van der Waals surface area contributed by atoms with Crippen molar-refractivity contribution in [3.8, 4) is 0 Å². The first kappa shape index (κ1) is 11.0. The fourth-order valence-electron chi connectivity index (χ4n) is 2.25. The van der Waals surface area contributed by atoms with Crippen LogP contribution >= 0.6 is 11.6 Å². The van der Waals surface area contributed by atoms with E-state index < -0.39 is 0 Å². The molecule has 0 saturated heterocycles. The largest absolute Gasteiger partial charge is 0.310 e. The molecule has 1 aliphatic carbocycles. The van der Waals surface area contributed by atoms with Crippen LogP contribution in [0.5, 0.6) is 0 Å². The molecule has 1 aromatic rings. The van der Waals surface area contributed by atoms with Crippen molar-refractivity contribution in [2.45, 2.75) is 32.2 Å². The quantitative estimate of drug-likeness (QED) is 0.819. The van der Waals surface area contributed by atoms with Crippen LogP contribution in [0.3, 0.4) is 0 Å². The predicted octanol–water partition coefficient (Wildman–Crippen LogP) is 3.79. The second-order valence-corrected chi connectivity index (χ2v) is 4.72. The van der Waals surface area contributed by atoms with Crippen LogP contribution in [-0.4, -0.2) is 6.54 Å². The Morgan fingerprint density at radius 1 is 1.47 bits per heavy atom. The lowest BCUT2D eigenvalue weighted by atomic mass is 9.77. The fraction of sp³-hybridized carbons (Fsp3) is 0.538. The molecule has 0 aromatic heterocycles. The summed E-state index contributed by atoms with van der Waals surface area (Å²) < 4.78 is 0. The van der Waals surface area contributed by atoms with Gasteiger partial charge in [0.05, 0.1) is 0 Å². The molecule has 1 saturated carbocycles. The standard InChI is InChI=1S/C13H18ClN/c1-2-15-13(10-5-3-6-10)11-7-4-8-12(14)9-11/h4,7-10,13,15H,2-3,5-6H2,1H3. The summed E-state index contributed by atoms with van der Waals surface area (Å²) in [5, 5.41) is 4.41. The van der Waals surface area contributed by atoms with E-state index in [0.717, 1.165) is 17.5 Å². The van der Waals surface area contributed by atoms with Crippen LogP contribution in [0.1, 0.15) is 37.8 Å². The second-order valence-electron chi connectivity index (χ2n) is 4.28. The lowest BCUT2D eigenvalue weighted by molar-refractivity contribution is 0.233. The SMILES string of the molecule is CCNC(c1cccc(Cl)c1)C1CCC1. The molecule has 0 heterocycles. The van der Waals surface area contributed by atoms with E-state index in [0.29, 0.717) is 6.04 Å². The molecule has 1 atom stereocenters. The molecule has 15 heavy (non-hydrogen) atoms. The van der Waals surface area contributed by atoms with Gasteiger partial charge in [-0.25, -0.2) is 0 Å². The maximum absolute atomic E-state index is 6.03. The molecule has 1 N–H and O–H groups in total. The Morgan fingerprint density at radius 3 is 2.80 bits per heavy atom. The van der Waals surface area contributed by atoms with Crippen molar-refractivity contribution in [3.05, 3.63) is 34.9 Å². The van der Waals surface area contributed by atoms with Gasteiger partial charge in [-0.05, 0) is 43.0 Å². The van der Waals surface area contributed by atoms with Crippen LogP contribution < -0.4 is 5.32 Å². The molecule has 0 amide bonds. The molecule has 1 nitrogen and oxygen atoms in total. The summed E-state index contributed by atoms with van der Waals surface area (Å²) in [7, 11) is 0. The van der Waals surface area contributed by atoms with Gasteiger partial charge in [0.15, 0.2) is 0 Å². The number of benzene rings is 1. The van der Waals surface area contributed by atoms with E-state index in [4.69, 9.17) is 11.6 Å². The van der Waals surface area contributed by atoms with Crippen LogP contribution in [0.15, 0.2) is 24.3 Å². The van der Waals surface area contributed by atoms with Gasteiger partial charge in [0.2, 0.25) is 0 Å². The third-order valence-electron chi connectivity index (χ3n) is 3.25. The first-order chi connectivity index (χ1) is 7.31. The van der Waals surface area contributed by atoms with Crippen molar-refractivity contribution in [1.29, 1.82) is 0 Å². The summed E-state index contributed by atoms with van der Waals surface area (Å²) in [6.45, 7) is 3.18. The normalized spacial score (nSPS) is 18.5. The van der Waals surface area contributed by atoms with E-state index >= 15 is 0 Å². The highest BCUT2D eigenvalue weighted by Crippen LogP contribution is 2.38. The molecule has 0 spiro atoms. The highest BCUT2D eigenvalue weighted by Gasteiger charge is 2.27. The van der Waals surface area contributed by atoms with E-state index in [1.807, 2.05) is 12.1 Å². The van der Waals surface area contributed by atoms with Crippen molar-refractivity contribution < 1.29 is 0 Å². The summed E-state index contributed by atoms with van der Waals surface area (Å²) in [4.78, 5) is 0. The highest BCUT2D eigenvalue weighted by molar-refractivity contribution is 6.30. The lowest BCUT2D eigenvalue weighted by Crippen LogP contribution is -2.32. The first-order valence-corrected chi connectivity index (χ1v) is 6.18. The van der Waals surface area contributed by atoms with E-state index in [1.165, 1.54) is 24.8 Å². The third kappa shape index (κ3) is 2.53. The van der Waals surface area contributed by atoms with Gasteiger partial charge in [-0.2, -0.15) is 0 Å². The molecule has 0 radical (unpaired) electrons. The Labute approximate surface area is 96.8 Å². The van der Waals surface area contributed by atoms with Gasteiger partial charge in [-0.1, -0.05) is 37.1 Å². The molecular weight excluding hydrogens is 206 g/mol. The van der Waals surface area contributed by atoms with Gasteiger partial charge in [0.1, 0.15) is 0 Å². The average molecular weight is 224 g/mol. The monoisotopic (exact) mass is 223 g/mol. The van der Waals surface area contributed by atoms with Gasteiger partial charge in [0.25, 0.3) is 0 Å². The summed E-state index contributed by atoms with van der Waals surface area (Å²) in [5.41, 5.74) is 1.34. The van der Waals surface area contributed by atoms with E-state index in [1.54, 1.807) is 0 Å². The van der Waals surface area contributed by atoms with Crippen molar-refractivity contribution in [3.63, 3.8) is 0 Å². The molecular formula is C13H18ClN. The number of hydrogen-bond acceptors (Lipinski definition) is 1. The van der Waals surface area contributed by atoms with Gasteiger partial charge >= 0.3 is 0 Å². The number of rotatable bonds is 4. The van der Waals surface area contributed by atoms with E-state index in [9.17, 15) is 0 Å². The van der Waals surface area contributed by atoms with Gasteiger partial charge in [0, 0.05) is 11.1 Å². The third-order valence-corrected chi connectivity index (χ3v) is 3.49. The minimum absolute atomic E-state index is 0.502. The molecule has 1 fully saturated rings. The summed E-state index contributed by atoms with van der Waals surface area (Å²) in [6.07, 6.45) is 4.08. The number of halogens is 1. The Balaban J connectivity index is 2.15. The van der Waals surface area contributed by atoms with Crippen LogP contribution in [0, 0.1) is 5.92 Å². The first-order valence-electron chi connectivity index (χ1n) is 5.80. The minimum Gasteiger partial charge on any atom is -0.310 e. The van der Waals surface area contributed by atoms with Crippen LogP contribution in [0.4, 0.5) is 0 Å². The Morgan fingerprint density at radius 2 is 2.27 bits per heavy atom. The van der Waals surface area contributed by atoms with Crippen molar-refractivity contribution in [2.75, 3.05) is 6.54 Å². The zero-order chi connectivity index (χ0) is 10.7. The molecule has 1 unspecified atom stereocenters. The zero-order valence-corrected chi connectivity index (χ0v) is 9.93. The van der Waals surface area contributed by atoms with Crippen molar-refractivity contribution in [1.82, 2.24) is 5.32 Å². The second kappa shape index (κ2) is 5.00. The molecule has 1 aromatic carbocycles. The zero-order valence-electron chi connectivity index (χ0n) is 9.17. The maximum atomic E-state index is 6.03. The average Bonchev–Trinajstić information content (AvgIpc) is 2.14. The van der Waals surface area contributed by atoms with E-state index in [2.05, 4.69) is 24.4 Å². The molecule has 1 aliphatic rings. The van der Waals surface area contributed by atoms with Crippen LogP contribution in [-0.2, 0) is 0 Å². The fourth-order valence-corrected chi connectivity index (χ4v) is 2.45. The Kier molecular flexibility index (Phi) is 3.66. The van der Waals surface area contributed by atoms with Crippen molar-refractivity contribution >= 4 is 11.6 Å². The topological polar surface area (TPSA) is 12.0 Å². The van der Waals surface area contributed by atoms with Crippen molar-refractivity contribution in [2.24, 2.45) is 5.92 Å². The molecule has 0 aliphatic heterocycles. The van der Waals surface area contributed by atoms with Crippen LogP contribution in [0.25, 0.3) is 0 Å². The Hall–Kier alpha value is -0.530. The summed E-state index contributed by atoms with van der Waals surface area (Å²) >= 11 is 6.03.